The van der Waals surface area contributed by atoms with Crippen molar-refractivity contribution in [1.82, 2.24) is 10.6 Å². The molecule has 1 aromatic carbocycles. The van der Waals surface area contributed by atoms with Gasteiger partial charge in [0.15, 0.2) is 12.4 Å². The highest BCUT2D eigenvalue weighted by Crippen LogP contribution is 2.13. The Hall–Kier alpha value is -1.88. The van der Waals surface area contributed by atoms with Crippen molar-refractivity contribution in [3.05, 3.63) is 29.8 Å². The molecule has 0 unspecified atom stereocenters. The molecule has 0 aliphatic heterocycles. The summed E-state index contributed by atoms with van der Waals surface area (Å²) in [5.41, 5.74) is 0.576. The largest absolute Gasteiger partial charge is 0.484 e. The van der Waals surface area contributed by atoms with Crippen LogP contribution >= 0.6 is 0 Å². The van der Waals surface area contributed by atoms with E-state index in [4.69, 9.17) is 4.74 Å². The SMILES string of the molecule is CNCCCNC(=O)COc1cccc(C(C)=O)c1. The minimum Gasteiger partial charge on any atom is -0.484 e. The van der Waals surface area contributed by atoms with Crippen LogP contribution in [-0.2, 0) is 4.79 Å². The Morgan fingerprint density at radius 2 is 2.05 bits per heavy atom. The van der Waals surface area contributed by atoms with E-state index in [9.17, 15) is 9.59 Å². The molecule has 0 aliphatic carbocycles. The maximum Gasteiger partial charge on any atom is 0.257 e. The van der Waals surface area contributed by atoms with Crippen molar-refractivity contribution in [3.8, 4) is 5.75 Å². The summed E-state index contributed by atoms with van der Waals surface area (Å²) in [7, 11) is 1.87. The first-order valence-corrected chi connectivity index (χ1v) is 6.28. The van der Waals surface area contributed by atoms with E-state index in [1.54, 1.807) is 24.3 Å². The Kier molecular flexibility index (Phi) is 6.60. The third-order valence-corrected chi connectivity index (χ3v) is 2.54. The summed E-state index contributed by atoms with van der Waals surface area (Å²) in [6, 6.07) is 6.81. The van der Waals surface area contributed by atoms with Gasteiger partial charge in [0.25, 0.3) is 5.91 Å². The number of rotatable bonds is 8. The van der Waals surface area contributed by atoms with Gasteiger partial charge in [-0.1, -0.05) is 12.1 Å². The average molecular weight is 264 g/mol. The van der Waals surface area contributed by atoms with Crippen molar-refractivity contribution in [3.63, 3.8) is 0 Å². The van der Waals surface area contributed by atoms with Crippen molar-refractivity contribution >= 4 is 11.7 Å². The smallest absolute Gasteiger partial charge is 0.257 e. The number of ketones is 1. The quantitative estimate of drug-likeness (QED) is 0.543. The Labute approximate surface area is 113 Å². The highest BCUT2D eigenvalue weighted by molar-refractivity contribution is 5.94. The van der Waals surface area contributed by atoms with Crippen LogP contribution in [0.4, 0.5) is 0 Å². The van der Waals surface area contributed by atoms with Gasteiger partial charge in [0.1, 0.15) is 5.75 Å². The Bertz CT molecular complexity index is 432. The minimum absolute atomic E-state index is 0.0260. The fourth-order valence-corrected chi connectivity index (χ4v) is 1.50. The monoisotopic (exact) mass is 264 g/mol. The van der Waals surface area contributed by atoms with Crippen LogP contribution in [0.3, 0.4) is 0 Å². The Balaban J connectivity index is 2.33. The van der Waals surface area contributed by atoms with E-state index in [1.807, 2.05) is 7.05 Å². The molecule has 0 saturated heterocycles. The molecule has 0 atom stereocenters. The molecule has 0 radical (unpaired) electrons. The molecule has 0 bridgehead atoms. The molecule has 2 N–H and O–H groups in total. The van der Waals surface area contributed by atoms with Gasteiger partial charge < -0.3 is 15.4 Å². The van der Waals surface area contributed by atoms with Crippen LogP contribution in [-0.4, -0.2) is 38.4 Å². The second-order valence-corrected chi connectivity index (χ2v) is 4.18. The summed E-state index contributed by atoms with van der Waals surface area (Å²) in [6.07, 6.45) is 0.877. The van der Waals surface area contributed by atoms with Gasteiger partial charge in [-0.05, 0) is 39.1 Å². The molecule has 1 amide bonds. The van der Waals surface area contributed by atoms with Crippen LogP contribution in [0, 0.1) is 0 Å². The van der Waals surface area contributed by atoms with Gasteiger partial charge in [-0.25, -0.2) is 0 Å². The number of Topliss-reactive ketones (excluding diaryl/α,β-unsaturated/α-hetero) is 1. The highest BCUT2D eigenvalue weighted by Gasteiger charge is 2.04. The zero-order chi connectivity index (χ0) is 14.1. The fraction of sp³-hybridized carbons (Fsp3) is 0.429. The second kappa shape index (κ2) is 8.26. The zero-order valence-electron chi connectivity index (χ0n) is 11.4. The molecule has 5 nitrogen and oxygen atoms in total. The van der Waals surface area contributed by atoms with Gasteiger partial charge in [-0.3, -0.25) is 9.59 Å². The summed E-state index contributed by atoms with van der Waals surface area (Å²) in [5, 5.41) is 5.76. The predicted octanol–water partition coefficient (Wildman–Crippen LogP) is 0.994. The normalized spacial score (nSPS) is 10.0. The number of nitrogens with one attached hydrogen (secondary N) is 2. The van der Waals surface area contributed by atoms with E-state index in [-0.39, 0.29) is 18.3 Å². The van der Waals surface area contributed by atoms with Gasteiger partial charge in [0.05, 0.1) is 0 Å². The minimum atomic E-state index is -0.163. The number of carbonyl (C=O) groups is 2. The van der Waals surface area contributed by atoms with Gasteiger partial charge >= 0.3 is 0 Å². The zero-order valence-corrected chi connectivity index (χ0v) is 11.4. The lowest BCUT2D eigenvalue weighted by Gasteiger charge is -2.08. The van der Waals surface area contributed by atoms with Crippen LogP contribution in [0.15, 0.2) is 24.3 Å². The second-order valence-electron chi connectivity index (χ2n) is 4.18. The number of hydrogen-bond donors (Lipinski definition) is 2. The maximum atomic E-state index is 11.5. The van der Waals surface area contributed by atoms with Crippen LogP contribution in [0.2, 0.25) is 0 Å². The Morgan fingerprint density at radius 3 is 2.74 bits per heavy atom. The molecule has 1 rings (SSSR count). The number of ether oxygens (including phenoxy) is 1. The van der Waals surface area contributed by atoms with Gasteiger partial charge in [0, 0.05) is 12.1 Å². The first kappa shape index (κ1) is 15.2. The summed E-state index contributed by atoms with van der Waals surface area (Å²) in [5.74, 6) is 0.337. The van der Waals surface area contributed by atoms with E-state index < -0.39 is 0 Å². The predicted molar refractivity (Wildman–Crippen MR) is 73.5 cm³/mol. The topological polar surface area (TPSA) is 67.4 Å². The molecule has 19 heavy (non-hydrogen) atoms. The van der Waals surface area contributed by atoms with Crippen molar-refractivity contribution in [2.45, 2.75) is 13.3 Å². The lowest BCUT2D eigenvalue weighted by Crippen LogP contribution is -2.30. The van der Waals surface area contributed by atoms with E-state index in [2.05, 4.69) is 10.6 Å². The van der Waals surface area contributed by atoms with E-state index in [0.29, 0.717) is 17.9 Å². The van der Waals surface area contributed by atoms with Gasteiger partial charge in [0.2, 0.25) is 0 Å². The molecule has 1 aromatic rings. The molecule has 104 valence electrons. The highest BCUT2D eigenvalue weighted by atomic mass is 16.5. The van der Waals surface area contributed by atoms with Crippen LogP contribution in [0.1, 0.15) is 23.7 Å². The molecular weight excluding hydrogens is 244 g/mol. The van der Waals surface area contributed by atoms with Crippen LogP contribution < -0.4 is 15.4 Å². The van der Waals surface area contributed by atoms with E-state index in [0.717, 1.165) is 13.0 Å². The van der Waals surface area contributed by atoms with Crippen LogP contribution in [0.5, 0.6) is 5.75 Å². The molecule has 0 heterocycles. The molecule has 0 saturated carbocycles. The third-order valence-electron chi connectivity index (χ3n) is 2.54. The van der Waals surface area contributed by atoms with Crippen LogP contribution in [0.25, 0.3) is 0 Å². The van der Waals surface area contributed by atoms with E-state index >= 15 is 0 Å². The molecule has 0 aromatic heterocycles. The number of amides is 1. The first-order chi connectivity index (χ1) is 9.13. The third kappa shape index (κ3) is 6.01. The average Bonchev–Trinajstić information content (AvgIpc) is 2.41. The summed E-state index contributed by atoms with van der Waals surface area (Å²) >= 11 is 0. The standard InChI is InChI=1S/C14H20N2O3/c1-11(17)12-5-3-6-13(9-12)19-10-14(18)16-8-4-7-15-2/h3,5-6,9,15H,4,7-8,10H2,1-2H3,(H,16,18). The van der Waals surface area contributed by atoms with Gasteiger partial charge in [-0.15, -0.1) is 0 Å². The van der Waals surface area contributed by atoms with Gasteiger partial charge in [-0.2, -0.15) is 0 Å². The van der Waals surface area contributed by atoms with Crippen molar-refractivity contribution in [2.24, 2.45) is 0 Å². The Morgan fingerprint density at radius 1 is 1.26 bits per heavy atom. The molecule has 0 spiro atoms. The molecule has 0 aliphatic rings. The summed E-state index contributed by atoms with van der Waals surface area (Å²) in [6.45, 7) is 2.94. The molecule has 5 heteroatoms. The number of carbonyl (C=O) groups excluding carboxylic acids is 2. The molecule has 0 fully saturated rings. The van der Waals surface area contributed by atoms with Crippen molar-refractivity contribution in [1.29, 1.82) is 0 Å². The number of hydrogen-bond acceptors (Lipinski definition) is 4. The fourth-order valence-electron chi connectivity index (χ4n) is 1.50. The summed E-state index contributed by atoms with van der Waals surface area (Å²) < 4.78 is 5.34. The number of benzene rings is 1. The summed E-state index contributed by atoms with van der Waals surface area (Å²) in [4.78, 5) is 22.7. The maximum absolute atomic E-state index is 11.5. The first-order valence-electron chi connectivity index (χ1n) is 6.28. The van der Waals surface area contributed by atoms with Crippen molar-refractivity contribution < 1.29 is 14.3 Å². The lowest BCUT2D eigenvalue weighted by atomic mass is 10.1. The van der Waals surface area contributed by atoms with E-state index in [1.165, 1.54) is 6.92 Å². The molecular formula is C14H20N2O3. The van der Waals surface area contributed by atoms with Crippen molar-refractivity contribution in [2.75, 3.05) is 26.7 Å². The lowest BCUT2D eigenvalue weighted by molar-refractivity contribution is -0.123.